The van der Waals surface area contributed by atoms with Crippen LogP contribution in [0.15, 0.2) is 35.4 Å². The molecule has 0 radical (unpaired) electrons. The molecule has 142 valence electrons. The predicted octanol–water partition coefficient (Wildman–Crippen LogP) is 1.74. The number of carbonyl (C=O) groups is 1. The van der Waals surface area contributed by atoms with Gasteiger partial charge in [-0.25, -0.2) is 23.5 Å². The summed E-state index contributed by atoms with van der Waals surface area (Å²) < 4.78 is 22.5. The van der Waals surface area contributed by atoms with Gasteiger partial charge in [0.25, 0.3) is 6.47 Å². The molecule has 0 saturated carbocycles. The van der Waals surface area contributed by atoms with Crippen molar-refractivity contribution >= 4 is 22.3 Å². The summed E-state index contributed by atoms with van der Waals surface area (Å²) in [6.07, 6.45) is 4.61. The number of hydrogen-bond donors (Lipinski definition) is 3. The Kier molecular flexibility index (Phi) is 8.66. The van der Waals surface area contributed by atoms with Crippen molar-refractivity contribution in [3.05, 3.63) is 47.4 Å². The van der Waals surface area contributed by atoms with Crippen LogP contribution in [0.4, 0.5) is 5.82 Å². The number of primary sulfonamides is 1. The molecule has 1 aromatic heterocycles. The molecule has 8 nitrogen and oxygen atoms in total. The Balaban J connectivity index is 0.00000105. The number of aromatic nitrogens is 2. The molecule has 26 heavy (non-hydrogen) atoms. The van der Waals surface area contributed by atoms with E-state index in [0.717, 1.165) is 42.0 Å². The van der Waals surface area contributed by atoms with Crippen LogP contribution in [0.2, 0.25) is 0 Å². The van der Waals surface area contributed by atoms with Gasteiger partial charge >= 0.3 is 0 Å². The molecule has 0 fully saturated rings. The maximum atomic E-state index is 11.2. The fourth-order valence-corrected chi connectivity index (χ4v) is 2.79. The smallest absolute Gasteiger partial charge is 0.290 e. The predicted molar refractivity (Wildman–Crippen MR) is 99.5 cm³/mol. The molecule has 0 saturated heterocycles. The van der Waals surface area contributed by atoms with Crippen molar-refractivity contribution < 1.29 is 18.3 Å². The summed E-state index contributed by atoms with van der Waals surface area (Å²) in [5, 5.41) is 15.3. The monoisotopic (exact) mass is 380 g/mol. The van der Waals surface area contributed by atoms with Crippen LogP contribution in [0.3, 0.4) is 0 Å². The molecule has 0 aliphatic carbocycles. The highest BCUT2D eigenvalue weighted by atomic mass is 32.2. The van der Waals surface area contributed by atoms with Gasteiger partial charge in [0.1, 0.15) is 11.6 Å². The number of benzene rings is 1. The average Bonchev–Trinajstić information content (AvgIpc) is 2.58. The fourth-order valence-electron chi connectivity index (χ4n) is 2.27. The molecule has 1 aromatic carbocycles. The molecule has 0 bridgehead atoms. The molecular weight excluding hydrogens is 356 g/mol. The zero-order valence-corrected chi connectivity index (χ0v) is 15.7. The maximum Gasteiger partial charge on any atom is 0.290 e. The van der Waals surface area contributed by atoms with Gasteiger partial charge < -0.3 is 10.4 Å². The first-order valence-corrected chi connectivity index (χ1v) is 9.62. The normalized spacial score (nSPS) is 10.6. The highest BCUT2D eigenvalue weighted by molar-refractivity contribution is 7.89. The van der Waals surface area contributed by atoms with Crippen LogP contribution in [0.1, 0.15) is 30.3 Å². The van der Waals surface area contributed by atoms with Gasteiger partial charge in [-0.05, 0) is 37.5 Å². The van der Waals surface area contributed by atoms with E-state index in [9.17, 15) is 8.42 Å². The number of aryl methyl sites for hydroxylation is 2. The Bertz CT molecular complexity index is 808. The standard InChI is InChI=1S/C16H22N4O2S.CH2O2/c1-3-4-14-11-19-12(2)20-16(14)18-10-9-13-5-7-15(8-6-13)23(17,21)22;2-1-3/h5-8,11H,3-4,9-10H2,1-2H3,(H2,17,21,22)(H,18,19,20);1H,(H,2,3). The van der Waals surface area contributed by atoms with Crippen molar-refractivity contribution in [1.82, 2.24) is 9.97 Å². The van der Waals surface area contributed by atoms with Crippen LogP contribution in [0.25, 0.3) is 0 Å². The molecule has 2 aromatic rings. The van der Waals surface area contributed by atoms with Crippen molar-refractivity contribution in [3.63, 3.8) is 0 Å². The molecule has 0 unspecified atom stereocenters. The lowest BCUT2D eigenvalue weighted by Crippen LogP contribution is -2.12. The summed E-state index contributed by atoms with van der Waals surface area (Å²) in [6, 6.07) is 6.61. The van der Waals surface area contributed by atoms with Crippen molar-refractivity contribution in [3.8, 4) is 0 Å². The highest BCUT2D eigenvalue weighted by Gasteiger charge is 2.07. The van der Waals surface area contributed by atoms with Crippen molar-refractivity contribution in [2.45, 2.75) is 38.0 Å². The molecule has 2 rings (SSSR count). The second-order valence-corrected chi connectivity index (χ2v) is 7.07. The number of carboxylic acid groups (broad SMARTS) is 1. The lowest BCUT2D eigenvalue weighted by atomic mass is 10.1. The van der Waals surface area contributed by atoms with Gasteiger partial charge in [0.05, 0.1) is 4.90 Å². The first kappa shape index (κ1) is 21.5. The summed E-state index contributed by atoms with van der Waals surface area (Å²) in [7, 11) is -3.63. The van der Waals surface area contributed by atoms with E-state index < -0.39 is 10.0 Å². The summed E-state index contributed by atoms with van der Waals surface area (Å²) in [6.45, 7) is 4.45. The van der Waals surface area contributed by atoms with E-state index in [1.165, 1.54) is 12.1 Å². The third-order valence-electron chi connectivity index (χ3n) is 3.46. The average molecular weight is 380 g/mol. The molecule has 4 N–H and O–H groups in total. The maximum absolute atomic E-state index is 11.2. The van der Waals surface area contributed by atoms with E-state index in [-0.39, 0.29) is 11.4 Å². The van der Waals surface area contributed by atoms with E-state index in [4.69, 9.17) is 15.0 Å². The topological polar surface area (TPSA) is 135 Å². The summed E-state index contributed by atoms with van der Waals surface area (Å²) in [5.41, 5.74) is 2.15. The largest absolute Gasteiger partial charge is 0.483 e. The number of nitrogens with one attached hydrogen (secondary N) is 1. The first-order valence-electron chi connectivity index (χ1n) is 8.07. The van der Waals surface area contributed by atoms with Gasteiger partial charge in [0, 0.05) is 18.3 Å². The van der Waals surface area contributed by atoms with E-state index in [2.05, 4.69) is 22.2 Å². The summed E-state index contributed by atoms with van der Waals surface area (Å²) in [4.78, 5) is 17.2. The number of anilines is 1. The second-order valence-electron chi connectivity index (χ2n) is 5.51. The van der Waals surface area contributed by atoms with Gasteiger partial charge in [-0.2, -0.15) is 0 Å². The lowest BCUT2D eigenvalue weighted by molar-refractivity contribution is -0.122. The van der Waals surface area contributed by atoms with Crippen molar-refractivity contribution in [2.75, 3.05) is 11.9 Å². The Morgan fingerprint density at radius 1 is 1.23 bits per heavy atom. The molecule has 9 heteroatoms. The highest BCUT2D eigenvalue weighted by Crippen LogP contribution is 2.14. The van der Waals surface area contributed by atoms with Crippen LogP contribution in [0, 0.1) is 6.92 Å². The van der Waals surface area contributed by atoms with Gasteiger partial charge in [-0.1, -0.05) is 25.5 Å². The van der Waals surface area contributed by atoms with E-state index in [1.807, 2.05) is 13.1 Å². The number of nitrogens with two attached hydrogens (primary N) is 1. The van der Waals surface area contributed by atoms with Gasteiger partial charge in [0.15, 0.2) is 0 Å². The number of rotatable bonds is 7. The Hall–Kier alpha value is -2.52. The number of nitrogens with zero attached hydrogens (tertiary/aromatic N) is 2. The van der Waals surface area contributed by atoms with Crippen LogP contribution in [-0.4, -0.2) is 36.5 Å². The van der Waals surface area contributed by atoms with Crippen LogP contribution in [0.5, 0.6) is 0 Å². The van der Waals surface area contributed by atoms with Crippen LogP contribution >= 0.6 is 0 Å². The lowest BCUT2D eigenvalue weighted by Gasteiger charge is -2.11. The molecule has 0 atom stereocenters. The van der Waals surface area contributed by atoms with E-state index in [1.54, 1.807) is 12.1 Å². The third-order valence-corrected chi connectivity index (χ3v) is 4.39. The van der Waals surface area contributed by atoms with Gasteiger partial charge in [-0.15, -0.1) is 0 Å². The Morgan fingerprint density at radius 3 is 2.38 bits per heavy atom. The minimum atomic E-state index is -3.63. The Morgan fingerprint density at radius 2 is 1.85 bits per heavy atom. The molecule has 0 spiro atoms. The van der Waals surface area contributed by atoms with E-state index in [0.29, 0.717) is 6.54 Å². The SMILES string of the molecule is CCCc1cnc(C)nc1NCCc1ccc(S(N)(=O)=O)cc1.O=CO. The zero-order valence-electron chi connectivity index (χ0n) is 14.8. The van der Waals surface area contributed by atoms with Crippen molar-refractivity contribution in [2.24, 2.45) is 5.14 Å². The summed E-state index contributed by atoms with van der Waals surface area (Å²) in [5.74, 6) is 1.62. The van der Waals surface area contributed by atoms with Crippen LogP contribution in [-0.2, 0) is 27.7 Å². The zero-order chi connectivity index (χ0) is 19.6. The molecule has 0 aliphatic rings. The molecule has 1 heterocycles. The number of sulfonamides is 1. The minimum Gasteiger partial charge on any atom is -0.483 e. The Labute approximate surface area is 153 Å². The summed E-state index contributed by atoms with van der Waals surface area (Å²) >= 11 is 0. The molecule has 0 aliphatic heterocycles. The fraction of sp³-hybridized carbons (Fsp3) is 0.353. The number of hydrogen-bond acceptors (Lipinski definition) is 6. The minimum absolute atomic E-state index is 0.130. The third kappa shape index (κ3) is 7.16. The van der Waals surface area contributed by atoms with E-state index >= 15 is 0 Å². The molecule has 0 amide bonds. The molecular formula is C17H24N4O4S. The first-order chi connectivity index (χ1) is 12.3. The quantitative estimate of drug-likeness (QED) is 0.623. The van der Waals surface area contributed by atoms with Crippen molar-refractivity contribution in [1.29, 1.82) is 0 Å². The van der Waals surface area contributed by atoms with Gasteiger partial charge in [0.2, 0.25) is 10.0 Å². The van der Waals surface area contributed by atoms with Gasteiger partial charge in [-0.3, -0.25) is 4.79 Å². The van der Waals surface area contributed by atoms with Crippen LogP contribution < -0.4 is 10.5 Å². The second kappa shape index (κ2) is 10.5.